The van der Waals surface area contributed by atoms with Gasteiger partial charge in [0, 0.05) is 18.6 Å². The number of likely N-dealkylation sites (tertiary alicyclic amines) is 1. The van der Waals surface area contributed by atoms with Crippen molar-refractivity contribution in [2.45, 2.75) is 62.2 Å². The Balaban J connectivity index is 1.32. The van der Waals surface area contributed by atoms with Crippen LogP contribution >= 0.6 is 0 Å². The van der Waals surface area contributed by atoms with Crippen LogP contribution in [0.15, 0.2) is 0 Å². The Bertz CT molecular complexity index is 676. The third-order valence-electron chi connectivity index (χ3n) is 7.19. The molecule has 0 aromatic rings. The molecule has 0 aromatic heterocycles. The summed E-state index contributed by atoms with van der Waals surface area (Å²) < 4.78 is 29.1. The van der Waals surface area contributed by atoms with E-state index in [0.29, 0.717) is 25.9 Å². The standard InChI is InChI=1S/C19H30N2O5S/c1-26-17(22)12-27(24,25)16-2-4-21(5-3-16)18(23)20-19-9-13-6-14(10-19)8-15(7-13)11-19/h13-16H,2-12H2,1H3,(H,20,23). The van der Waals surface area contributed by atoms with Crippen molar-refractivity contribution < 1.29 is 22.7 Å². The number of ether oxygens (including phenoxy) is 1. The second kappa shape index (κ2) is 6.94. The van der Waals surface area contributed by atoms with Gasteiger partial charge in [0.2, 0.25) is 0 Å². The Kier molecular flexibility index (Phi) is 4.89. The number of carbonyl (C=O) groups excluding carboxylic acids is 2. The van der Waals surface area contributed by atoms with Gasteiger partial charge in [-0.15, -0.1) is 0 Å². The number of carbonyl (C=O) groups is 2. The molecule has 4 aliphatic carbocycles. The number of nitrogens with one attached hydrogen (secondary N) is 1. The zero-order chi connectivity index (χ0) is 19.2. The molecule has 1 saturated heterocycles. The maximum absolute atomic E-state index is 12.9. The number of amides is 2. The fourth-order valence-corrected chi connectivity index (χ4v) is 7.94. The average molecular weight is 399 g/mol. The second-order valence-corrected chi connectivity index (χ2v) is 11.5. The first-order valence-electron chi connectivity index (χ1n) is 10.1. The van der Waals surface area contributed by atoms with Crippen LogP contribution in [-0.4, -0.2) is 62.1 Å². The Morgan fingerprint density at radius 1 is 1.04 bits per heavy atom. The number of urea groups is 1. The van der Waals surface area contributed by atoms with Crippen molar-refractivity contribution in [3.8, 4) is 0 Å². The van der Waals surface area contributed by atoms with Crippen molar-refractivity contribution in [3.05, 3.63) is 0 Å². The third kappa shape index (κ3) is 3.82. The first-order chi connectivity index (χ1) is 12.8. The molecular formula is C19H30N2O5S. The molecule has 7 nitrogen and oxygen atoms in total. The smallest absolute Gasteiger partial charge is 0.320 e. The number of piperidine rings is 1. The molecular weight excluding hydrogens is 368 g/mol. The van der Waals surface area contributed by atoms with Gasteiger partial charge in [0.1, 0.15) is 5.75 Å². The molecule has 1 heterocycles. The van der Waals surface area contributed by atoms with Gasteiger partial charge < -0.3 is 15.0 Å². The number of hydrogen-bond donors (Lipinski definition) is 1. The summed E-state index contributed by atoms with van der Waals surface area (Å²) in [5.41, 5.74) is -0.0281. The van der Waals surface area contributed by atoms with Gasteiger partial charge >= 0.3 is 12.0 Å². The van der Waals surface area contributed by atoms with E-state index in [1.54, 1.807) is 4.90 Å². The molecule has 27 heavy (non-hydrogen) atoms. The summed E-state index contributed by atoms with van der Waals surface area (Å²) in [6.07, 6.45) is 8.08. The lowest BCUT2D eigenvalue weighted by Crippen LogP contribution is -2.62. The van der Waals surface area contributed by atoms with Crippen molar-refractivity contribution in [2.24, 2.45) is 17.8 Å². The van der Waals surface area contributed by atoms with Gasteiger partial charge in [-0.2, -0.15) is 0 Å². The van der Waals surface area contributed by atoms with Gasteiger partial charge in [-0.25, -0.2) is 13.2 Å². The molecule has 0 radical (unpaired) electrons. The van der Waals surface area contributed by atoms with Crippen LogP contribution in [0.25, 0.3) is 0 Å². The maximum atomic E-state index is 12.9. The summed E-state index contributed by atoms with van der Waals surface area (Å²) in [6.45, 7) is 0.840. The van der Waals surface area contributed by atoms with Crippen molar-refractivity contribution >= 4 is 21.8 Å². The highest BCUT2D eigenvalue weighted by molar-refractivity contribution is 7.92. The lowest BCUT2D eigenvalue weighted by atomic mass is 9.53. The topological polar surface area (TPSA) is 92.8 Å². The lowest BCUT2D eigenvalue weighted by molar-refractivity contribution is -0.137. The van der Waals surface area contributed by atoms with Crippen LogP contribution in [0.5, 0.6) is 0 Å². The predicted octanol–water partition coefficient (Wildman–Crippen LogP) is 1.72. The highest BCUT2D eigenvalue weighted by Crippen LogP contribution is 2.55. The van der Waals surface area contributed by atoms with E-state index in [4.69, 9.17) is 0 Å². The van der Waals surface area contributed by atoms with E-state index in [-0.39, 0.29) is 11.6 Å². The minimum absolute atomic E-state index is 0.0281. The summed E-state index contributed by atoms with van der Waals surface area (Å²) in [5.74, 6) is 1.01. The largest absolute Gasteiger partial charge is 0.468 e. The Morgan fingerprint density at radius 3 is 2.04 bits per heavy atom. The molecule has 0 spiro atoms. The SMILES string of the molecule is COC(=O)CS(=O)(=O)C1CCN(C(=O)NC23CC4CC(CC(C4)C2)C3)CC1. The molecule has 152 valence electrons. The third-order valence-corrected chi connectivity index (χ3v) is 9.32. The van der Waals surface area contributed by atoms with E-state index in [1.807, 2.05) is 0 Å². The fraction of sp³-hybridized carbons (Fsp3) is 0.895. The van der Waals surface area contributed by atoms with Crippen molar-refractivity contribution in [1.82, 2.24) is 10.2 Å². The predicted molar refractivity (Wildman–Crippen MR) is 99.8 cm³/mol. The molecule has 4 saturated carbocycles. The first-order valence-corrected chi connectivity index (χ1v) is 11.9. The van der Waals surface area contributed by atoms with Crippen LogP contribution in [-0.2, 0) is 19.4 Å². The monoisotopic (exact) mass is 398 g/mol. The highest BCUT2D eigenvalue weighted by Gasteiger charge is 2.52. The van der Waals surface area contributed by atoms with Crippen LogP contribution in [0.4, 0.5) is 4.79 Å². The van der Waals surface area contributed by atoms with Crippen molar-refractivity contribution in [1.29, 1.82) is 0 Å². The molecule has 2 amide bonds. The van der Waals surface area contributed by atoms with Gasteiger partial charge in [-0.05, 0) is 69.1 Å². The van der Waals surface area contributed by atoms with Crippen molar-refractivity contribution in [2.75, 3.05) is 26.0 Å². The molecule has 0 aromatic carbocycles. The lowest BCUT2D eigenvalue weighted by Gasteiger charge is -2.57. The Hall–Kier alpha value is -1.31. The van der Waals surface area contributed by atoms with Crippen LogP contribution in [0.3, 0.4) is 0 Å². The molecule has 1 N–H and O–H groups in total. The molecule has 1 aliphatic heterocycles. The van der Waals surface area contributed by atoms with E-state index < -0.39 is 26.8 Å². The quantitative estimate of drug-likeness (QED) is 0.728. The first kappa shape index (κ1) is 19.0. The summed E-state index contributed by atoms with van der Waals surface area (Å²) in [5, 5.41) is 2.78. The summed E-state index contributed by atoms with van der Waals surface area (Å²) >= 11 is 0. The number of nitrogens with zero attached hydrogens (tertiary/aromatic N) is 1. The highest BCUT2D eigenvalue weighted by atomic mass is 32.2. The normalized spacial score (nSPS) is 35.9. The molecule has 0 unspecified atom stereocenters. The van der Waals surface area contributed by atoms with Gasteiger partial charge in [-0.3, -0.25) is 4.79 Å². The maximum Gasteiger partial charge on any atom is 0.320 e. The zero-order valence-corrected chi connectivity index (χ0v) is 16.8. The van der Waals surface area contributed by atoms with Crippen LogP contribution in [0, 0.1) is 17.8 Å². The zero-order valence-electron chi connectivity index (χ0n) is 16.0. The van der Waals surface area contributed by atoms with E-state index in [9.17, 15) is 18.0 Å². The number of methoxy groups -OCH3 is 1. The molecule has 5 fully saturated rings. The van der Waals surface area contributed by atoms with Crippen LogP contribution in [0.1, 0.15) is 51.4 Å². The summed E-state index contributed by atoms with van der Waals surface area (Å²) in [7, 11) is -2.33. The van der Waals surface area contributed by atoms with Crippen LogP contribution in [0.2, 0.25) is 0 Å². The van der Waals surface area contributed by atoms with E-state index in [0.717, 1.165) is 37.0 Å². The minimum atomic E-state index is -3.52. The number of esters is 1. The molecule has 5 aliphatic rings. The van der Waals surface area contributed by atoms with Gasteiger partial charge in [0.15, 0.2) is 9.84 Å². The molecule has 8 heteroatoms. The summed E-state index contributed by atoms with van der Waals surface area (Å²) in [4.78, 5) is 25.9. The van der Waals surface area contributed by atoms with Gasteiger partial charge in [0.05, 0.1) is 12.4 Å². The van der Waals surface area contributed by atoms with E-state index in [1.165, 1.54) is 26.4 Å². The molecule has 4 bridgehead atoms. The van der Waals surface area contributed by atoms with E-state index >= 15 is 0 Å². The molecule has 5 rings (SSSR count). The molecule has 0 atom stereocenters. The summed E-state index contributed by atoms with van der Waals surface area (Å²) in [6, 6.07) is -0.0410. The Labute approximate surface area is 161 Å². The number of rotatable bonds is 4. The average Bonchev–Trinajstić information content (AvgIpc) is 2.59. The van der Waals surface area contributed by atoms with Crippen LogP contribution < -0.4 is 5.32 Å². The van der Waals surface area contributed by atoms with Crippen molar-refractivity contribution in [3.63, 3.8) is 0 Å². The van der Waals surface area contributed by atoms with Gasteiger partial charge in [-0.1, -0.05) is 0 Å². The number of sulfone groups is 1. The second-order valence-electron chi connectivity index (χ2n) is 9.20. The fourth-order valence-electron chi connectivity index (χ4n) is 6.33. The van der Waals surface area contributed by atoms with E-state index in [2.05, 4.69) is 10.1 Å². The van der Waals surface area contributed by atoms with Gasteiger partial charge in [0.25, 0.3) is 0 Å². The number of hydrogen-bond acceptors (Lipinski definition) is 5. The minimum Gasteiger partial charge on any atom is -0.468 e. The Morgan fingerprint density at radius 2 is 1.56 bits per heavy atom.